The van der Waals surface area contributed by atoms with Crippen LogP contribution in [-0.2, 0) is 10.0 Å². The molecule has 1 heterocycles. The van der Waals surface area contributed by atoms with E-state index in [0.717, 1.165) is 12.1 Å². The quantitative estimate of drug-likeness (QED) is 0.516. The summed E-state index contributed by atoms with van der Waals surface area (Å²) in [5.74, 6) is -1.75. The first-order chi connectivity index (χ1) is 16.3. The standard InChI is InChI=1S/C25H24F2N2O4S/c1-28(20-7-3-2-4-8-20)34(31,32)22-9-5-6-18(16-22)25(30)29-14-12-21(13-15-29)33-24-11-10-19(26)17-23(24)27/h2-11,16-17,21H,12-15H2,1H3. The number of para-hydroxylation sites is 1. The maximum Gasteiger partial charge on any atom is 0.264 e. The molecule has 4 rings (SSSR count). The summed E-state index contributed by atoms with van der Waals surface area (Å²) in [5.41, 5.74) is 0.783. The fourth-order valence-corrected chi connectivity index (χ4v) is 5.08. The van der Waals surface area contributed by atoms with Crippen LogP contribution in [0, 0.1) is 11.6 Å². The molecule has 3 aromatic carbocycles. The van der Waals surface area contributed by atoms with Crippen LogP contribution in [0.25, 0.3) is 0 Å². The Bertz CT molecular complexity index is 1280. The average molecular weight is 487 g/mol. The predicted octanol–water partition coefficient (Wildman–Crippen LogP) is 4.47. The van der Waals surface area contributed by atoms with Crippen molar-refractivity contribution < 1.29 is 26.7 Å². The molecule has 0 spiro atoms. The molecule has 1 saturated heterocycles. The first kappa shape index (κ1) is 23.7. The molecule has 0 unspecified atom stereocenters. The molecule has 0 aliphatic carbocycles. The lowest BCUT2D eigenvalue weighted by atomic mass is 10.1. The first-order valence-electron chi connectivity index (χ1n) is 10.8. The number of amides is 1. The number of hydrogen-bond donors (Lipinski definition) is 0. The second kappa shape index (κ2) is 9.80. The number of rotatable bonds is 6. The summed E-state index contributed by atoms with van der Waals surface area (Å²) < 4.78 is 59.9. The van der Waals surface area contributed by atoms with E-state index in [4.69, 9.17) is 4.74 Å². The number of hydrogen-bond acceptors (Lipinski definition) is 4. The number of carbonyl (C=O) groups is 1. The van der Waals surface area contributed by atoms with Crippen LogP contribution in [0.2, 0.25) is 0 Å². The lowest BCUT2D eigenvalue weighted by Gasteiger charge is -2.32. The molecule has 3 aromatic rings. The number of benzene rings is 3. The van der Waals surface area contributed by atoms with E-state index < -0.39 is 21.7 Å². The van der Waals surface area contributed by atoms with Crippen LogP contribution >= 0.6 is 0 Å². The zero-order chi connectivity index (χ0) is 24.3. The molecule has 0 atom stereocenters. The van der Waals surface area contributed by atoms with E-state index >= 15 is 0 Å². The molecule has 6 nitrogen and oxygen atoms in total. The van der Waals surface area contributed by atoms with E-state index in [1.54, 1.807) is 47.4 Å². The highest BCUT2D eigenvalue weighted by Crippen LogP contribution is 2.25. The largest absolute Gasteiger partial charge is 0.487 e. The number of halogens is 2. The second-order valence-electron chi connectivity index (χ2n) is 8.02. The highest BCUT2D eigenvalue weighted by Gasteiger charge is 2.27. The smallest absolute Gasteiger partial charge is 0.264 e. The Kier molecular flexibility index (Phi) is 6.83. The van der Waals surface area contributed by atoms with Crippen molar-refractivity contribution in [2.45, 2.75) is 23.8 Å². The molecule has 0 bridgehead atoms. The van der Waals surface area contributed by atoms with E-state index in [-0.39, 0.29) is 28.2 Å². The van der Waals surface area contributed by atoms with Crippen LogP contribution in [-0.4, -0.2) is 45.5 Å². The van der Waals surface area contributed by atoms with Gasteiger partial charge in [-0.2, -0.15) is 0 Å². The number of ether oxygens (including phenoxy) is 1. The van der Waals surface area contributed by atoms with Gasteiger partial charge in [-0.05, 0) is 42.5 Å². The fourth-order valence-electron chi connectivity index (χ4n) is 3.83. The van der Waals surface area contributed by atoms with Gasteiger partial charge in [-0.15, -0.1) is 0 Å². The van der Waals surface area contributed by atoms with E-state index in [1.165, 1.54) is 29.6 Å². The molecule has 0 saturated carbocycles. The molecule has 1 fully saturated rings. The third-order valence-corrected chi connectivity index (χ3v) is 7.56. The number of likely N-dealkylation sites (tertiary alicyclic amines) is 1. The lowest BCUT2D eigenvalue weighted by molar-refractivity contribution is 0.0588. The minimum atomic E-state index is -3.85. The highest BCUT2D eigenvalue weighted by atomic mass is 32.2. The van der Waals surface area contributed by atoms with Crippen molar-refractivity contribution in [2.24, 2.45) is 0 Å². The monoisotopic (exact) mass is 486 g/mol. The van der Waals surface area contributed by atoms with Gasteiger partial charge in [0, 0.05) is 44.6 Å². The Hall–Kier alpha value is -3.46. The van der Waals surface area contributed by atoms with Gasteiger partial charge in [0.1, 0.15) is 11.9 Å². The third kappa shape index (κ3) is 5.04. The molecule has 178 valence electrons. The van der Waals surface area contributed by atoms with Gasteiger partial charge in [0.2, 0.25) is 0 Å². The average Bonchev–Trinajstić information content (AvgIpc) is 2.86. The number of sulfonamides is 1. The summed E-state index contributed by atoms with van der Waals surface area (Å²) in [6.07, 6.45) is 0.629. The Morgan fingerprint density at radius 1 is 0.971 bits per heavy atom. The molecule has 1 aliphatic heterocycles. The van der Waals surface area contributed by atoms with Crippen LogP contribution < -0.4 is 9.04 Å². The third-order valence-electron chi connectivity index (χ3n) is 5.78. The number of nitrogens with zero attached hydrogens (tertiary/aromatic N) is 2. The SMILES string of the molecule is CN(c1ccccc1)S(=O)(=O)c1cccc(C(=O)N2CCC(Oc3ccc(F)cc3F)CC2)c1. The molecule has 34 heavy (non-hydrogen) atoms. The van der Waals surface area contributed by atoms with Crippen LogP contribution in [0.1, 0.15) is 23.2 Å². The van der Waals surface area contributed by atoms with E-state index in [2.05, 4.69) is 0 Å². The molecule has 0 radical (unpaired) electrons. The van der Waals surface area contributed by atoms with Crippen molar-refractivity contribution in [2.75, 3.05) is 24.4 Å². The van der Waals surface area contributed by atoms with Crippen molar-refractivity contribution in [3.63, 3.8) is 0 Å². The van der Waals surface area contributed by atoms with E-state index in [0.29, 0.717) is 31.6 Å². The molecule has 1 aliphatic rings. The molecule has 9 heteroatoms. The Labute approximate surface area is 197 Å². The Morgan fingerprint density at radius 2 is 1.68 bits per heavy atom. The fraction of sp³-hybridized carbons (Fsp3) is 0.240. The molecule has 0 N–H and O–H groups in total. The van der Waals surface area contributed by atoms with Crippen LogP contribution in [0.4, 0.5) is 14.5 Å². The van der Waals surface area contributed by atoms with Gasteiger partial charge >= 0.3 is 0 Å². The number of piperidine rings is 1. The minimum absolute atomic E-state index is 0.0216. The van der Waals surface area contributed by atoms with Crippen molar-refractivity contribution in [3.8, 4) is 5.75 Å². The van der Waals surface area contributed by atoms with E-state index in [9.17, 15) is 22.0 Å². The highest BCUT2D eigenvalue weighted by molar-refractivity contribution is 7.92. The Morgan fingerprint density at radius 3 is 2.35 bits per heavy atom. The number of carbonyl (C=O) groups excluding carboxylic acids is 1. The zero-order valence-corrected chi connectivity index (χ0v) is 19.3. The van der Waals surface area contributed by atoms with Crippen molar-refractivity contribution in [1.82, 2.24) is 4.90 Å². The summed E-state index contributed by atoms with van der Waals surface area (Å²) in [6.45, 7) is 0.737. The molecule has 1 amide bonds. The maximum atomic E-state index is 13.8. The van der Waals surface area contributed by atoms with Gasteiger partial charge in [-0.25, -0.2) is 17.2 Å². The van der Waals surface area contributed by atoms with Gasteiger partial charge in [0.25, 0.3) is 15.9 Å². The van der Waals surface area contributed by atoms with Crippen LogP contribution in [0.5, 0.6) is 5.75 Å². The van der Waals surface area contributed by atoms with Crippen molar-refractivity contribution in [1.29, 1.82) is 0 Å². The van der Waals surface area contributed by atoms with Crippen LogP contribution in [0.3, 0.4) is 0 Å². The number of anilines is 1. The van der Waals surface area contributed by atoms with Crippen molar-refractivity contribution in [3.05, 3.63) is 90.0 Å². The maximum absolute atomic E-state index is 13.8. The minimum Gasteiger partial charge on any atom is -0.487 e. The molecule has 0 aromatic heterocycles. The topological polar surface area (TPSA) is 66.9 Å². The van der Waals surface area contributed by atoms with Gasteiger partial charge in [-0.3, -0.25) is 9.10 Å². The van der Waals surface area contributed by atoms with Gasteiger partial charge in [0.05, 0.1) is 10.6 Å². The Balaban J connectivity index is 1.43. The second-order valence-corrected chi connectivity index (χ2v) is 9.99. The predicted molar refractivity (Wildman–Crippen MR) is 124 cm³/mol. The molecular formula is C25H24F2N2O4S. The summed E-state index contributed by atoms with van der Waals surface area (Å²) in [4.78, 5) is 14.7. The molecular weight excluding hydrogens is 462 g/mol. The van der Waals surface area contributed by atoms with Crippen molar-refractivity contribution >= 4 is 21.6 Å². The summed E-state index contributed by atoms with van der Waals surface area (Å²) >= 11 is 0. The van der Waals surface area contributed by atoms with Gasteiger partial charge in [0.15, 0.2) is 11.6 Å². The summed E-state index contributed by atoms with van der Waals surface area (Å²) in [7, 11) is -2.38. The lowest BCUT2D eigenvalue weighted by Crippen LogP contribution is -2.42. The summed E-state index contributed by atoms with van der Waals surface area (Å²) in [6, 6.07) is 17.8. The van der Waals surface area contributed by atoms with Gasteiger partial charge in [-0.1, -0.05) is 24.3 Å². The summed E-state index contributed by atoms with van der Waals surface area (Å²) in [5, 5.41) is 0. The normalized spacial score (nSPS) is 14.6. The van der Waals surface area contributed by atoms with E-state index in [1.807, 2.05) is 0 Å². The van der Waals surface area contributed by atoms with Gasteiger partial charge < -0.3 is 9.64 Å². The first-order valence-corrected chi connectivity index (χ1v) is 12.2. The van der Waals surface area contributed by atoms with Crippen LogP contribution in [0.15, 0.2) is 77.7 Å². The zero-order valence-electron chi connectivity index (χ0n) is 18.5.